The number of carbonyl (C=O) groups excluding carboxylic acids is 1. The van der Waals surface area contributed by atoms with Gasteiger partial charge in [0.15, 0.2) is 5.13 Å². The quantitative estimate of drug-likeness (QED) is 0.832. The standard InChI is InChI=1S/C10H10N2O5S/c1-4-7(9(16)17)18-10(11-4)12-3-5(8(14)15)2-6(12)13/h5H,2-3H2,1H3,(H,14,15)(H,16,17). The van der Waals surface area contributed by atoms with Crippen LogP contribution in [0.2, 0.25) is 0 Å². The number of aromatic nitrogens is 1. The number of aromatic carboxylic acids is 1. The Bertz CT molecular complexity index is 538. The second-order valence-corrected chi connectivity index (χ2v) is 4.94. The molecule has 0 aliphatic carbocycles. The molecule has 7 nitrogen and oxygen atoms in total. The Morgan fingerprint density at radius 1 is 1.44 bits per heavy atom. The van der Waals surface area contributed by atoms with Gasteiger partial charge in [0.05, 0.1) is 11.6 Å². The average molecular weight is 270 g/mol. The molecule has 1 unspecified atom stereocenters. The summed E-state index contributed by atoms with van der Waals surface area (Å²) in [5.74, 6) is -3.22. The van der Waals surface area contributed by atoms with Crippen molar-refractivity contribution in [1.29, 1.82) is 0 Å². The summed E-state index contributed by atoms with van der Waals surface area (Å²) in [4.78, 5) is 38.7. The van der Waals surface area contributed by atoms with E-state index in [0.29, 0.717) is 5.69 Å². The van der Waals surface area contributed by atoms with Gasteiger partial charge in [-0.25, -0.2) is 9.78 Å². The Morgan fingerprint density at radius 3 is 2.56 bits per heavy atom. The zero-order chi connectivity index (χ0) is 13.4. The number of amides is 1. The fourth-order valence-electron chi connectivity index (χ4n) is 1.75. The first kappa shape index (κ1) is 12.5. The number of thiazole rings is 1. The normalized spacial score (nSPS) is 19.3. The smallest absolute Gasteiger partial charge is 0.347 e. The number of aryl methyl sites for hydroxylation is 1. The fourth-order valence-corrected chi connectivity index (χ4v) is 2.69. The van der Waals surface area contributed by atoms with E-state index in [2.05, 4.69) is 4.98 Å². The molecule has 1 atom stereocenters. The van der Waals surface area contributed by atoms with Crippen molar-refractivity contribution in [1.82, 2.24) is 4.98 Å². The first-order chi connectivity index (χ1) is 8.40. The molecule has 0 aromatic carbocycles. The lowest BCUT2D eigenvalue weighted by atomic mass is 10.1. The third kappa shape index (κ3) is 2.06. The van der Waals surface area contributed by atoms with E-state index in [4.69, 9.17) is 10.2 Å². The van der Waals surface area contributed by atoms with Crippen LogP contribution in [-0.2, 0) is 9.59 Å². The van der Waals surface area contributed by atoms with Crippen LogP contribution in [0.25, 0.3) is 0 Å². The van der Waals surface area contributed by atoms with Crippen LogP contribution in [0, 0.1) is 12.8 Å². The van der Waals surface area contributed by atoms with Gasteiger partial charge in [-0.2, -0.15) is 0 Å². The van der Waals surface area contributed by atoms with Crippen molar-refractivity contribution in [3.63, 3.8) is 0 Å². The zero-order valence-corrected chi connectivity index (χ0v) is 10.2. The van der Waals surface area contributed by atoms with E-state index in [1.165, 1.54) is 4.90 Å². The fraction of sp³-hybridized carbons (Fsp3) is 0.400. The SMILES string of the molecule is Cc1nc(N2CC(C(=O)O)CC2=O)sc1C(=O)O. The summed E-state index contributed by atoms with van der Waals surface area (Å²) in [6.45, 7) is 1.58. The van der Waals surface area contributed by atoms with E-state index >= 15 is 0 Å². The number of carboxylic acid groups (broad SMARTS) is 2. The van der Waals surface area contributed by atoms with Gasteiger partial charge in [-0.3, -0.25) is 14.5 Å². The van der Waals surface area contributed by atoms with Gasteiger partial charge >= 0.3 is 11.9 Å². The Morgan fingerprint density at radius 2 is 2.11 bits per heavy atom. The van der Waals surface area contributed by atoms with Gasteiger partial charge in [0.1, 0.15) is 4.88 Å². The molecule has 2 rings (SSSR count). The zero-order valence-electron chi connectivity index (χ0n) is 9.41. The van der Waals surface area contributed by atoms with E-state index < -0.39 is 17.9 Å². The number of hydrogen-bond acceptors (Lipinski definition) is 5. The predicted octanol–water partition coefficient (Wildman–Crippen LogP) is 0.587. The van der Waals surface area contributed by atoms with E-state index in [-0.39, 0.29) is 28.9 Å². The van der Waals surface area contributed by atoms with Crippen molar-refractivity contribution in [2.45, 2.75) is 13.3 Å². The largest absolute Gasteiger partial charge is 0.481 e. The molecule has 1 aromatic rings. The molecule has 0 bridgehead atoms. The van der Waals surface area contributed by atoms with Crippen LogP contribution in [0.15, 0.2) is 0 Å². The number of carboxylic acids is 2. The van der Waals surface area contributed by atoms with E-state index in [1.54, 1.807) is 6.92 Å². The van der Waals surface area contributed by atoms with Gasteiger partial charge in [0.25, 0.3) is 0 Å². The molecule has 1 aromatic heterocycles. The van der Waals surface area contributed by atoms with Gasteiger partial charge in [0.2, 0.25) is 5.91 Å². The van der Waals surface area contributed by atoms with Gasteiger partial charge in [-0.1, -0.05) is 11.3 Å². The molecule has 1 aliphatic rings. The maximum Gasteiger partial charge on any atom is 0.347 e. The van der Waals surface area contributed by atoms with Crippen molar-refractivity contribution in [3.8, 4) is 0 Å². The van der Waals surface area contributed by atoms with Gasteiger partial charge < -0.3 is 10.2 Å². The molecule has 1 aliphatic heterocycles. The maximum atomic E-state index is 11.7. The summed E-state index contributed by atoms with van der Waals surface area (Å²) in [5.41, 5.74) is 0.328. The van der Waals surface area contributed by atoms with Crippen LogP contribution in [0.1, 0.15) is 21.8 Å². The Labute approximate surface area is 106 Å². The monoisotopic (exact) mass is 270 g/mol. The topological polar surface area (TPSA) is 108 Å². The lowest BCUT2D eigenvalue weighted by molar-refractivity contribution is -0.141. The highest BCUT2D eigenvalue weighted by atomic mass is 32.1. The summed E-state index contributed by atoms with van der Waals surface area (Å²) >= 11 is 0.884. The lowest BCUT2D eigenvalue weighted by Gasteiger charge is -2.11. The highest BCUT2D eigenvalue weighted by Gasteiger charge is 2.37. The molecule has 0 saturated carbocycles. The molecular formula is C10H10N2O5S. The number of hydrogen-bond donors (Lipinski definition) is 2. The van der Waals surface area contributed by atoms with E-state index in [1.807, 2.05) is 0 Å². The van der Waals surface area contributed by atoms with Crippen LogP contribution in [0.5, 0.6) is 0 Å². The highest BCUT2D eigenvalue weighted by Crippen LogP contribution is 2.31. The molecule has 1 saturated heterocycles. The van der Waals surface area contributed by atoms with Crippen LogP contribution in [0.3, 0.4) is 0 Å². The van der Waals surface area contributed by atoms with Crippen LogP contribution in [0.4, 0.5) is 5.13 Å². The summed E-state index contributed by atoms with van der Waals surface area (Å²) in [6, 6.07) is 0. The molecule has 0 spiro atoms. The molecule has 0 radical (unpaired) electrons. The Hall–Kier alpha value is -1.96. The van der Waals surface area contributed by atoms with Gasteiger partial charge in [-0.15, -0.1) is 0 Å². The minimum absolute atomic E-state index is 0.0418. The summed E-state index contributed by atoms with van der Waals surface area (Å²) in [5, 5.41) is 18.0. The maximum absolute atomic E-state index is 11.7. The van der Waals surface area contributed by atoms with Crippen LogP contribution < -0.4 is 4.90 Å². The molecule has 2 N–H and O–H groups in total. The average Bonchev–Trinajstić information content (AvgIpc) is 2.81. The highest BCUT2D eigenvalue weighted by molar-refractivity contribution is 7.17. The number of nitrogens with zero attached hydrogens (tertiary/aromatic N) is 2. The molecule has 2 heterocycles. The second kappa shape index (κ2) is 4.37. The van der Waals surface area contributed by atoms with Crippen molar-refractivity contribution in [2.75, 3.05) is 11.4 Å². The van der Waals surface area contributed by atoms with Crippen molar-refractivity contribution in [3.05, 3.63) is 10.6 Å². The van der Waals surface area contributed by atoms with Crippen molar-refractivity contribution in [2.24, 2.45) is 5.92 Å². The summed E-state index contributed by atoms with van der Waals surface area (Å²) < 4.78 is 0. The van der Waals surface area contributed by atoms with Crippen molar-refractivity contribution >= 4 is 34.3 Å². The number of carbonyl (C=O) groups is 3. The summed E-state index contributed by atoms with van der Waals surface area (Å²) in [6.07, 6.45) is -0.0730. The molecule has 18 heavy (non-hydrogen) atoms. The van der Waals surface area contributed by atoms with Gasteiger partial charge in [0, 0.05) is 13.0 Å². The van der Waals surface area contributed by atoms with E-state index in [0.717, 1.165) is 11.3 Å². The molecule has 1 fully saturated rings. The molecule has 8 heteroatoms. The van der Waals surface area contributed by atoms with Crippen LogP contribution >= 0.6 is 11.3 Å². The molecule has 1 amide bonds. The van der Waals surface area contributed by atoms with Crippen LogP contribution in [-0.4, -0.2) is 39.6 Å². The Kier molecular flexibility index (Phi) is 3.04. The summed E-state index contributed by atoms with van der Waals surface area (Å²) in [7, 11) is 0. The minimum Gasteiger partial charge on any atom is -0.481 e. The Balaban J connectivity index is 2.27. The number of rotatable bonds is 3. The van der Waals surface area contributed by atoms with Gasteiger partial charge in [-0.05, 0) is 6.92 Å². The van der Waals surface area contributed by atoms with E-state index in [9.17, 15) is 14.4 Å². The molecule has 96 valence electrons. The second-order valence-electron chi connectivity index (χ2n) is 3.96. The number of anilines is 1. The molecular weight excluding hydrogens is 260 g/mol. The number of aliphatic carboxylic acids is 1. The predicted molar refractivity (Wildman–Crippen MR) is 61.9 cm³/mol. The third-order valence-corrected chi connectivity index (χ3v) is 3.85. The third-order valence-electron chi connectivity index (χ3n) is 2.68. The lowest BCUT2D eigenvalue weighted by Crippen LogP contribution is -2.25. The first-order valence-corrected chi connectivity index (χ1v) is 5.95. The van der Waals surface area contributed by atoms with Crippen molar-refractivity contribution < 1.29 is 24.6 Å². The first-order valence-electron chi connectivity index (χ1n) is 5.14. The minimum atomic E-state index is -1.10.